The molecule has 4 heteroatoms. The highest BCUT2D eigenvalue weighted by Crippen LogP contribution is 2.24. The van der Waals surface area contributed by atoms with E-state index < -0.39 is 5.60 Å². The fraction of sp³-hybridized carbons (Fsp3) is 0.944. The lowest BCUT2D eigenvalue weighted by Gasteiger charge is -2.31. The van der Waals surface area contributed by atoms with Crippen LogP contribution in [0, 0.1) is 5.92 Å². The summed E-state index contributed by atoms with van der Waals surface area (Å²) in [5.41, 5.74) is -0.435. The molecule has 0 aromatic carbocycles. The zero-order valence-corrected chi connectivity index (χ0v) is 15.2. The molecule has 1 aliphatic carbocycles. The molecule has 4 nitrogen and oxygen atoms in total. The highest BCUT2D eigenvalue weighted by molar-refractivity contribution is 5.67. The third-order valence-corrected chi connectivity index (χ3v) is 4.29. The zero-order valence-electron chi connectivity index (χ0n) is 15.2. The van der Waals surface area contributed by atoms with Gasteiger partial charge in [0, 0.05) is 18.6 Å². The molecule has 0 aliphatic heterocycles. The van der Waals surface area contributed by atoms with Crippen molar-refractivity contribution in [2.75, 3.05) is 6.54 Å². The number of ether oxygens (including phenoxy) is 1. The third kappa shape index (κ3) is 8.62. The molecule has 0 spiro atoms. The van der Waals surface area contributed by atoms with Gasteiger partial charge >= 0.3 is 6.09 Å². The van der Waals surface area contributed by atoms with Crippen LogP contribution in [0.1, 0.15) is 79.6 Å². The molecule has 0 aromatic rings. The zero-order chi connectivity index (χ0) is 16.6. The highest BCUT2D eigenvalue weighted by atomic mass is 16.6. The third-order valence-electron chi connectivity index (χ3n) is 4.29. The monoisotopic (exact) mass is 312 g/mol. The number of hydrogen-bond donors (Lipinski definition) is 2. The molecule has 1 unspecified atom stereocenters. The van der Waals surface area contributed by atoms with E-state index in [1.54, 1.807) is 0 Å². The van der Waals surface area contributed by atoms with Gasteiger partial charge in [-0.05, 0) is 58.8 Å². The van der Waals surface area contributed by atoms with E-state index in [0.717, 1.165) is 12.3 Å². The van der Waals surface area contributed by atoms with E-state index in [9.17, 15) is 4.79 Å². The molecular weight excluding hydrogens is 276 g/mol. The number of alkyl carbamates (subject to hydrolysis) is 1. The second-order valence-corrected chi connectivity index (χ2v) is 7.85. The van der Waals surface area contributed by atoms with Gasteiger partial charge in [0.05, 0.1) is 0 Å². The number of carbonyl (C=O) groups excluding carboxylic acids is 1. The first kappa shape index (κ1) is 19.3. The van der Waals surface area contributed by atoms with Crippen molar-refractivity contribution in [3.8, 4) is 0 Å². The minimum absolute atomic E-state index is 0.312. The summed E-state index contributed by atoms with van der Waals surface area (Å²) in [7, 11) is 0. The van der Waals surface area contributed by atoms with Crippen LogP contribution < -0.4 is 10.6 Å². The Kier molecular flexibility index (Phi) is 8.23. The standard InChI is InChI=1S/C18H36N2O2/c1-6-7-8-16(13-19-17(21)22-18(3,4)5)20-15-11-9-14(2)10-12-15/h14-16,20H,6-13H2,1-5H3,(H,19,21). The minimum atomic E-state index is -0.435. The summed E-state index contributed by atoms with van der Waals surface area (Å²) < 4.78 is 5.32. The summed E-state index contributed by atoms with van der Waals surface area (Å²) in [6, 6.07) is 0.962. The molecule has 1 saturated carbocycles. The van der Waals surface area contributed by atoms with Gasteiger partial charge in [-0.2, -0.15) is 0 Å². The first-order valence-corrected chi connectivity index (χ1v) is 9.03. The summed E-state index contributed by atoms with van der Waals surface area (Å²) in [4.78, 5) is 11.8. The number of amides is 1. The number of carbonyl (C=O) groups is 1. The van der Waals surface area contributed by atoms with Gasteiger partial charge < -0.3 is 15.4 Å². The Bertz CT molecular complexity index is 318. The first-order chi connectivity index (χ1) is 10.3. The van der Waals surface area contributed by atoms with Crippen LogP contribution in [0.25, 0.3) is 0 Å². The highest BCUT2D eigenvalue weighted by Gasteiger charge is 2.22. The lowest BCUT2D eigenvalue weighted by Crippen LogP contribution is -2.47. The molecule has 0 radical (unpaired) electrons. The summed E-state index contributed by atoms with van der Waals surface area (Å²) in [6.45, 7) is 10.9. The molecule has 1 aliphatic rings. The predicted molar refractivity (Wildman–Crippen MR) is 92.1 cm³/mol. The topological polar surface area (TPSA) is 50.4 Å². The quantitative estimate of drug-likeness (QED) is 0.739. The van der Waals surface area contributed by atoms with Gasteiger partial charge in [0.15, 0.2) is 0 Å². The summed E-state index contributed by atoms with van der Waals surface area (Å²) >= 11 is 0. The Morgan fingerprint density at radius 3 is 2.41 bits per heavy atom. The van der Waals surface area contributed by atoms with Gasteiger partial charge in [-0.1, -0.05) is 26.7 Å². The van der Waals surface area contributed by atoms with Gasteiger partial charge in [-0.25, -0.2) is 4.79 Å². The van der Waals surface area contributed by atoms with Crippen molar-refractivity contribution in [1.29, 1.82) is 0 Å². The Balaban J connectivity index is 2.38. The Labute approximate surface area is 136 Å². The van der Waals surface area contributed by atoms with Crippen molar-refractivity contribution in [3.05, 3.63) is 0 Å². The number of rotatable bonds is 7. The normalized spacial score (nSPS) is 23.9. The van der Waals surface area contributed by atoms with Crippen LogP contribution in [0.4, 0.5) is 4.79 Å². The predicted octanol–water partition coefficient (Wildman–Crippen LogP) is 4.24. The lowest BCUT2D eigenvalue weighted by molar-refractivity contribution is 0.0520. The molecule has 22 heavy (non-hydrogen) atoms. The fourth-order valence-electron chi connectivity index (χ4n) is 2.98. The smallest absolute Gasteiger partial charge is 0.407 e. The first-order valence-electron chi connectivity index (χ1n) is 9.03. The molecule has 0 saturated heterocycles. The molecule has 2 N–H and O–H groups in total. The van der Waals surface area contributed by atoms with E-state index >= 15 is 0 Å². The molecule has 1 atom stereocenters. The van der Waals surface area contributed by atoms with E-state index in [-0.39, 0.29) is 6.09 Å². The second kappa shape index (κ2) is 9.39. The SMILES string of the molecule is CCCCC(CNC(=O)OC(C)(C)C)NC1CCC(C)CC1. The summed E-state index contributed by atoms with van der Waals surface area (Å²) in [5, 5.41) is 6.68. The van der Waals surface area contributed by atoms with Crippen molar-refractivity contribution in [2.24, 2.45) is 5.92 Å². The van der Waals surface area contributed by atoms with Crippen LogP contribution >= 0.6 is 0 Å². The van der Waals surface area contributed by atoms with Crippen molar-refractivity contribution in [2.45, 2.75) is 97.2 Å². The Morgan fingerprint density at radius 1 is 1.23 bits per heavy atom. The van der Waals surface area contributed by atoms with Crippen molar-refractivity contribution in [1.82, 2.24) is 10.6 Å². The van der Waals surface area contributed by atoms with E-state index in [2.05, 4.69) is 24.5 Å². The average Bonchev–Trinajstić information content (AvgIpc) is 2.42. The molecule has 1 fully saturated rings. The summed E-state index contributed by atoms with van der Waals surface area (Å²) in [6.07, 6.45) is 8.33. The van der Waals surface area contributed by atoms with E-state index in [0.29, 0.717) is 18.6 Å². The maximum atomic E-state index is 11.8. The number of hydrogen-bond acceptors (Lipinski definition) is 3. The van der Waals surface area contributed by atoms with E-state index in [1.165, 1.54) is 38.5 Å². The van der Waals surface area contributed by atoms with Gasteiger partial charge in [0.25, 0.3) is 0 Å². The van der Waals surface area contributed by atoms with Gasteiger partial charge in [-0.3, -0.25) is 0 Å². The maximum absolute atomic E-state index is 11.8. The maximum Gasteiger partial charge on any atom is 0.407 e. The Morgan fingerprint density at radius 2 is 1.86 bits per heavy atom. The molecule has 0 heterocycles. The molecule has 130 valence electrons. The largest absolute Gasteiger partial charge is 0.444 e. The van der Waals surface area contributed by atoms with Gasteiger partial charge in [0.1, 0.15) is 5.60 Å². The van der Waals surface area contributed by atoms with Crippen LogP contribution in [0.2, 0.25) is 0 Å². The van der Waals surface area contributed by atoms with Crippen molar-refractivity contribution in [3.63, 3.8) is 0 Å². The number of unbranched alkanes of at least 4 members (excludes halogenated alkanes) is 1. The van der Waals surface area contributed by atoms with Crippen molar-refractivity contribution >= 4 is 6.09 Å². The van der Waals surface area contributed by atoms with Crippen LogP contribution in [-0.4, -0.2) is 30.3 Å². The van der Waals surface area contributed by atoms with Crippen LogP contribution in [-0.2, 0) is 4.74 Å². The molecule has 0 bridgehead atoms. The fourth-order valence-corrected chi connectivity index (χ4v) is 2.98. The van der Waals surface area contributed by atoms with Crippen molar-refractivity contribution < 1.29 is 9.53 Å². The molecule has 1 rings (SSSR count). The summed E-state index contributed by atoms with van der Waals surface area (Å²) in [5.74, 6) is 0.868. The Hall–Kier alpha value is -0.770. The van der Waals surface area contributed by atoms with Gasteiger partial charge in [-0.15, -0.1) is 0 Å². The second-order valence-electron chi connectivity index (χ2n) is 7.85. The molecule has 1 amide bonds. The van der Waals surface area contributed by atoms with E-state index in [1.807, 2.05) is 20.8 Å². The van der Waals surface area contributed by atoms with Crippen LogP contribution in [0.3, 0.4) is 0 Å². The lowest BCUT2D eigenvalue weighted by atomic mass is 9.87. The minimum Gasteiger partial charge on any atom is -0.444 e. The average molecular weight is 312 g/mol. The van der Waals surface area contributed by atoms with Gasteiger partial charge in [0.2, 0.25) is 0 Å². The molecular formula is C18H36N2O2. The van der Waals surface area contributed by atoms with E-state index in [4.69, 9.17) is 4.74 Å². The molecule has 0 aromatic heterocycles. The van der Waals surface area contributed by atoms with Crippen LogP contribution in [0.5, 0.6) is 0 Å². The number of nitrogens with one attached hydrogen (secondary N) is 2. The van der Waals surface area contributed by atoms with Crippen LogP contribution in [0.15, 0.2) is 0 Å².